The van der Waals surface area contributed by atoms with Crippen molar-refractivity contribution in [3.63, 3.8) is 0 Å². The van der Waals surface area contributed by atoms with E-state index in [1.54, 1.807) is 31.4 Å². The first-order valence-electron chi connectivity index (χ1n) is 7.58. The first-order valence-corrected chi connectivity index (χ1v) is 7.58. The number of carbonyl (C=O) groups is 1. The largest absolute Gasteiger partial charge is 0.497 e. The van der Waals surface area contributed by atoms with E-state index in [4.69, 9.17) is 9.47 Å². The molecule has 0 saturated carbocycles. The molecule has 0 aliphatic rings. The summed E-state index contributed by atoms with van der Waals surface area (Å²) in [7, 11) is 1.57. The molecule has 0 amide bonds. The van der Waals surface area contributed by atoms with Gasteiger partial charge in [0.05, 0.1) is 19.6 Å². The van der Waals surface area contributed by atoms with Gasteiger partial charge >= 0.3 is 5.97 Å². The maximum absolute atomic E-state index is 11.6. The SMILES string of the molecule is COc1cccc(C(CCOc2ccc(C)cc2C)C(=O)O)c1. The molecule has 4 heteroatoms. The Balaban J connectivity index is 2.04. The van der Waals surface area contributed by atoms with Gasteiger partial charge in [-0.05, 0) is 49.6 Å². The number of aliphatic carboxylic acids is 1. The lowest BCUT2D eigenvalue weighted by Gasteiger charge is -2.15. The topological polar surface area (TPSA) is 55.8 Å². The third kappa shape index (κ3) is 4.49. The molecule has 0 spiro atoms. The second-order valence-electron chi connectivity index (χ2n) is 5.57. The molecule has 1 unspecified atom stereocenters. The van der Waals surface area contributed by atoms with Crippen molar-refractivity contribution < 1.29 is 19.4 Å². The number of hydrogen-bond acceptors (Lipinski definition) is 3. The second kappa shape index (κ2) is 7.68. The maximum Gasteiger partial charge on any atom is 0.311 e. The van der Waals surface area contributed by atoms with Crippen LogP contribution in [0.2, 0.25) is 0 Å². The molecule has 0 bridgehead atoms. The van der Waals surface area contributed by atoms with Gasteiger partial charge in [-0.25, -0.2) is 0 Å². The molecule has 2 aromatic rings. The Labute approximate surface area is 136 Å². The molecule has 0 aliphatic heterocycles. The van der Waals surface area contributed by atoms with Crippen molar-refractivity contribution in [3.05, 3.63) is 59.2 Å². The molecule has 4 nitrogen and oxygen atoms in total. The fraction of sp³-hybridized carbons (Fsp3) is 0.316. The van der Waals surface area contributed by atoms with E-state index in [9.17, 15) is 9.90 Å². The number of carboxylic acids is 1. The van der Waals surface area contributed by atoms with Crippen LogP contribution < -0.4 is 9.47 Å². The molecular formula is C19H22O4. The Morgan fingerprint density at radius 3 is 2.61 bits per heavy atom. The van der Waals surface area contributed by atoms with Crippen LogP contribution in [-0.4, -0.2) is 24.8 Å². The van der Waals surface area contributed by atoms with Gasteiger partial charge in [0.2, 0.25) is 0 Å². The van der Waals surface area contributed by atoms with Gasteiger partial charge in [-0.1, -0.05) is 29.8 Å². The van der Waals surface area contributed by atoms with Crippen LogP contribution in [0.5, 0.6) is 11.5 Å². The van der Waals surface area contributed by atoms with Gasteiger partial charge in [0.1, 0.15) is 11.5 Å². The van der Waals surface area contributed by atoms with Crippen LogP contribution in [0, 0.1) is 13.8 Å². The van der Waals surface area contributed by atoms with Gasteiger partial charge in [0.25, 0.3) is 0 Å². The minimum Gasteiger partial charge on any atom is -0.497 e. The molecule has 0 saturated heterocycles. The lowest BCUT2D eigenvalue weighted by Crippen LogP contribution is -2.15. The molecular weight excluding hydrogens is 292 g/mol. The Morgan fingerprint density at radius 2 is 1.96 bits per heavy atom. The molecule has 0 aromatic heterocycles. The maximum atomic E-state index is 11.6. The molecule has 0 aliphatic carbocycles. The second-order valence-corrected chi connectivity index (χ2v) is 5.57. The Hall–Kier alpha value is -2.49. The summed E-state index contributed by atoms with van der Waals surface area (Å²) in [4.78, 5) is 11.6. The molecule has 1 atom stereocenters. The predicted octanol–water partition coefficient (Wildman–Crippen LogP) is 3.95. The summed E-state index contributed by atoms with van der Waals surface area (Å²) >= 11 is 0. The fourth-order valence-corrected chi connectivity index (χ4v) is 2.54. The van der Waals surface area contributed by atoms with Crippen molar-refractivity contribution in [3.8, 4) is 11.5 Å². The van der Waals surface area contributed by atoms with Gasteiger partial charge in [-0.3, -0.25) is 4.79 Å². The quantitative estimate of drug-likeness (QED) is 0.840. The van der Waals surface area contributed by atoms with E-state index in [-0.39, 0.29) is 0 Å². The van der Waals surface area contributed by atoms with Gasteiger partial charge < -0.3 is 14.6 Å². The zero-order valence-electron chi connectivity index (χ0n) is 13.7. The van der Waals surface area contributed by atoms with E-state index in [1.807, 2.05) is 32.0 Å². The highest BCUT2D eigenvalue weighted by Gasteiger charge is 2.20. The van der Waals surface area contributed by atoms with Gasteiger partial charge in [0.15, 0.2) is 0 Å². The van der Waals surface area contributed by atoms with Crippen LogP contribution in [0.25, 0.3) is 0 Å². The summed E-state index contributed by atoms with van der Waals surface area (Å²) in [5, 5.41) is 9.48. The van der Waals surface area contributed by atoms with E-state index in [1.165, 1.54) is 5.56 Å². The molecule has 0 radical (unpaired) electrons. The van der Waals surface area contributed by atoms with Crippen molar-refractivity contribution in [1.29, 1.82) is 0 Å². The average Bonchev–Trinajstić information content (AvgIpc) is 2.53. The standard InChI is InChI=1S/C19H22O4/c1-13-7-8-18(14(2)11-13)23-10-9-17(19(20)21)15-5-4-6-16(12-15)22-3/h4-8,11-12,17H,9-10H2,1-3H3,(H,20,21). The molecule has 0 heterocycles. The third-order valence-corrected chi connectivity index (χ3v) is 3.79. The minimum atomic E-state index is -0.859. The van der Waals surface area contributed by atoms with Crippen LogP contribution in [0.15, 0.2) is 42.5 Å². The lowest BCUT2D eigenvalue weighted by molar-refractivity contribution is -0.139. The van der Waals surface area contributed by atoms with E-state index >= 15 is 0 Å². The zero-order valence-corrected chi connectivity index (χ0v) is 13.7. The summed E-state index contributed by atoms with van der Waals surface area (Å²) < 4.78 is 10.9. The highest BCUT2D eigenvalue weighted by Crippen LogP contribution is 2.25. The lowest BCUT2D eigenvalue weighted by atomic mass is 9.96. The number of rotatable bonds is 7. The van der Waals surface area contributed by atoms with Gasteiger partial charge in [-0.15, -0.1) is 0 Å². The Bertz CT molecular complexity index is 679. The van der Waals surface area contributed by atoms with Crippen LogP contribution in [0.3, 0.4) is 0 Å². The smallest absolute Gasteiger partial charge is 0.311 e. The summed E-state index contributed by atoms with van der Waals surface area (Å²) in [6.07, 6.45) is 0.399. The molecule has 1 N–H and O–H groups in total. The van der Waals surface area contributed by atoms with Crippen LogP contribution in [0.1, 0.15) is 29.0 Å². The van der Waals surface area contributed by atoms with Crippen molar-refractivity contribution >= 4 is 5.97 Å². The number of carboxylic acid groups (broad SMARTS) is 1. The normalized spacial score (nSPS) is 11.8. The Morgan fingerprint density at radius 1 is 1.17 bits per heavy atom. The molecule has 2 aromatic carbocycles. The van der Waals surface area contributed by atoms with Gasteiger partial charge in [0, 0.05) is 0 Å². The summed E-state index contributed by atoms with van der Waals surface area (Å²) in [6, 6.07) is 13.1. The van der Waals surface area contributed by atoms with Crippen LogP contribution in [0.4, 0.5) is 0 Å². The van der Waals surface area contributed by atoms with E-state index < -0.39 is 11.9 Å². The van der Waals surface area contributed by atoms with Crippen LogP contribution in [-0.2, 0) is 4.79 Å². The molecule has 23 heavy (non-hydrogen) atoms. The van der Waals surface area contributed by atoms with Crippen LogP contribution >= 0.6 is 0 Å². The first kappa shape index (κ1) is 16.9. The number of methoxy groups -OCH3 is 1. The highest BCUT2D eigenvalue weighted by molar-refractivity contribution is 5.76. The van der Waals surface area contributed by atoms with E-state index in [0.717, 1.165) is 16.9 Å². The minimum absolute atomic E-state index is 0.345. The third-order valence-electron chi connectivity index (χ3n) is 3.79. The van der Waals surface area contributed by atoms with Crippen molar-refractivity contribution in [1.82, 2.24) is 0 Å². The number of aryl methyl sites for hydroxylation is 2. The van der Waals surface area contributed by atoms with Crippen molar-refractivity contribution in [2.24, 2.45) is 0 Å². The monoisotopic (exact) mass is 314 g/mol. The highest BCUT2D eigenvalue weighted by atomic mass is 16.5. The van der Waals surface area contributed by atoms with E-state index in [2.05, 4.69) is 0 Å². The van der Waals surface area contributed by atoms with Crippen molar-refractivity contribution in [2.75, 3.05) is 13.7 Å². The predicted molar refractivity (Wildman–Crippen MR) is 89.4 cm³/mol. The number of hydrogen-bond donors (Lipinski definition) is 1. The zero-order chi connectivity index (χ0) is 16.8. The van der Waals surface area contributed by atoms with Gasteiger partial charge in [-0.2, -0.15) is 0 Å². The number of ether oxygens (including phenoxy) is 2. The van der Waals surface area contributed by atoms with E-state index in [0.29, 0.717) is 18.8 Å². The van der Waals surface area contributed by atoms with Crippen molar-refractivity contribution in [2.45, 2.75) is 26.2 Å². The fourth-order valence-electron chi connectivity index (χ4n) is 2.54. The molecule has 2 rings (SSSR count). The summed E-state index contributed by atoms with van der Waals surface area (Å²) in [5.41, 5.74) is 2.95. The molecule has 122 valence electrons. The average molecular weight is 314 g/mol. The molecule has 0 fully saturated rings. The summed E-state index contributed by atoms with van der Waals surface area (Å²) in [5.74, 6) is -0.0206. The number of benzene rings is 2. The summed E-state index contributed by atoms with van der Waals surface area (Å²) in [6.45, 7) is 4.36. The Kier molecular flexibility index (Phi) is 5.63. The first-order chi connectivity index (χ1) is 11.0.